The van der Waals surface area contributed by atoms with E-state index in [1.807, 2.05) is 25.1 Å². The Morgan fingerprint density at radius 3 is 2.25 bits per heavy atom. The van der Waals surface area contributed by atoms with Gasteiger partial charge in [-0.3, -0.25) is 9.80 Å². The van der Waals surface area contributed by atoms with Gasteiger partial charge in [0.1, 0.15) is 0 Å². The van der Waals surface area contributed by atoms with Gasteiger partial charge in [0.2, 0.25) is 0 Å². The Labute approximate surface area is 191 Å². The van der Waals surface area contributed by atoms with E-state index in [0.717, 1.165) is 30.8 Å². The highest BCUT2D eigenvalue weighted by Gasteiger charge is 2.48. The molecule has 2 aromatic carbocycles. The van der Waals surface area contributed by atoms with E-state index in [2.05, 4.69) is 34.1 Å². The van der Waals surface area contributed by atoms with Gasteiger partial charge < -0.3 is 0 Å². The first-order chi connectivity index (χ1) is 15.2. The average molecular weight is 475 g/mol. The lowest BCUT2D eigenvalue weighted by atomic mass is 10.1. The van der Waals surface area contributed by atoms with Gasteiger partial charge in [0, 0.05) is 38.8 Å². The zero-order valence-electron chi connectivity index (χ0n) is 18.3. The molecule has 0 amide bonds. The van der Waals surface area contributed by atoms with Crippen molar-refractivity contribution in [3.05, 3.63) is 71.8 Å². The second-order valence-electron chi connectivity index (χ2n) is 8.69. The minimum absolute atomic E-state index is 0.0866. The molecule has 2 aliphatic rings. The Bertz CT molecular complexity index is 1150. The van der Waals surface area contributed by atoms with E-state index in [-0.39, 0.29) is 16.4 Å². The first-order valence-corrected chi connectivity index (χ1v) is 14.3. The molecular weight excluding hydrogens is 444 g/mol. The summed E-state index contributed by atoms with van der Waals surface area (Å²) in [6.45, 7) is 5.61. The summed E-state index contributed by atoms with van der Waals surface area (Å²) in [4.78, 5) is 4.58. The Balaban J connectivity index is 1.42. The van der Waals surface area contributed by atoms with Crippen LogP contribution in [0.5, 0.6) is 0 Å². The predicted molar refractivity (Wildman–Crippen MR) is 128 cm³/mol. The van der Waals surface area contributed by atoms with Crippen LogP contribution >= 0.6 is 0 Å². The van der Waals surface area contributed by atoms with Crippen LogP contribution in [0.4, 0.5) is 0 Å². The molecule has 2 atom stereocenters. The van der Waals surface area contributed by atoms with E-state index in [1.165, 1.54) is 0 Å². The molecule has 172 valence electrons. The lowest BCUT2D eigenvalue weighted by Crippen LogP contribution is -2.54. The molecule has 0 aromatic heterocycles. The summed E-state index contributed by atoms with van der Waals surface area (Å²) in [5.74, 6) is -0.384. The van der Waals surface area contributed by atoms with Crippen LogP contribution in [0.15, 0.2) is 65.6 Å². The highest BCUT2D eigenvalue weighted by molar-refractivity contribution is 7.96. The van der Waals surface area contributed by atoms with Gasteiger partial charge in [0.25, 0.3) is 0 Å². The van der Waals surface area contributed by atoms with E-state index in [9.17, 15) is 16.8 Å². The summed E-state index contributed by atoms with van der Waals surface area (Å²) in [6, 6.07) is 16.3. The monoisotopic (exact) mass is 474 g/mol. The molecule has 32 heavy (non-hydrogen) atoms. The van der Waals surface area contributed by atoms with Gasteiger partial charge in [-0.2, -0.15) is 0 Å². The van der Waals surface area contributed by atoms with Gasteiger partial charge in [-0.1, -0.05) is 60.2 Å². The fourth-order valence-electron chi connectivity index (χ4n) is 4.52. The quantitative estimate of drug-likeness (QED) is 0.639. The molecule has 0 aliphatic carbocycles. The smallest absolute Gasteiger partial charge is 0.183 e. The standard InChI is InChI=1S/C24H30N2O4S2/c1-20-9-11-22(12-10-20)32(29,30)24-19-31(27,28)18-23(24)26-16-14-25(15-17-26)13-5-8-21-6-3-2-4-7-21/h2-12,23-24H,13-19H2,1H3. The summed E-state index contributed by atoms with van der Waals surface area (Å²) in [5.41, 5.74) is 2.13. The van der Waals surface area contributed by atoms with Crippen LogP contribution in [0.2, 0.25) is 0 Å². The van der Waals surface area contributed by atoms with Crippen LogP contribution in [0.3, 0.4) is 0 Å². The second-order valence-corrected chi connectivity index (χ2v) is 13.0. The summed E-state index contributed by atoms with van der Waals surface area (Å²) in [7, 11) is -7.13. The SMILES string of the molecule is Cc1ccc(S(=O)(=O)C2CS(=O)(=O)CC2N2CCN(CC=Cc3ccccc3)CC2)cc1. The number of benzene rings is 2. The minimum atomic E-state index is -3.73. The van der Waals surface area contributed by atoms with Gasteiger partial charge in [-0.15, -0.1) is 0 Å². The van der Waals surface area contributed by atoms with E-state index in [0.29, 0.717) is 13.1 Å². The molecule has 0 radical (unpaired) electrons. The van der Waals surface area contributed by atoms with Gasteiger partial charge >= 0.3 is 0 Å². The molecule has 2 heterocycles. The van der Waals surface area contributed by atoms with Crippen molar-refractivity contribution < 1.29 is 16.8 Å². The third-order valence-electron chi connectivity index (χ3n) is 6.37. The molecule has 0 spiro atoms. The first kappa shape index (κ1) is 23.2. The normalized spacial score (nSPS) is 24.8. The molecule has 0 N–H and O–H groups in total. The molecule has 8 heteroatoms. The Morgan fingerprint density at radius 1 is 0.938 bits per heavy atom. The van der Waals surface area contributed by atoms with E-state index in [4.69, 9.17) is 0 Å². The van der Waals surface area contributed by atoms with Crippen LogP contribution in [-0.2, 0) is 19.7 Å². The summed E-state index contributed by atoms with van der Waals surface area (Å²) in [6.07, 6.45) is 4.23. The van der Waals surface area contributed by atoms with Crippen molar-refractivity contribution in [3.8, 4) is 0 Å². The van der Waals surface area contributed by atoms with E-state index < -0.39 is 31.0 Å². The number of nitrogens with zero attached hydrogens (tertiary/aromatic N) is 2. The molecule has 4 rings (SSSR count). The van der Waals surface area contributed by atoms with Crippen molar-refractivity contribution in [2.45, 2.75) is 23.1 Å². The molecule has 6 nitrogen and oxygen atoms in total. The fourth-order valence-corrected chi connectivity index (χ4v) is 9.35. The van der Waals surface area contributed by atoms with Crippen LogP contribution < -0.4 is 0 Å². The van der Waals surface area contributed by atoms with Crippen molar-refractivity contribution in [2.24, 2.45) is 0 Å². The van der Waals surface area contributed by atoms with Crippen molar-refractivity contribution in [2.75, 3.05) is 44.2 Å². The molecule has 2 aliphatic heterocycles. The number of hydrogen-bond acceptors (Lipinski definition) is 6. The zero-order chi connectivity index (χ0) is 22.8. The maximum atomic E-state index is 13.3. The summed E-state index contributed by atoms with van der Waals surface area (Å²) >= 11 is 0. The number of rotatable bonds is 6. The third kappa shape index (κ3) is 5.31. The van der Waals surface area contributed by atoms with Gasteiger partial charge in [0.05, 0.1) is 21.7 Å². The number of aryl methyl sites for hydroxylation is 1. The summed E-state index contributed by atoms with van der Waals surface area (Å²) < 4.78 is 51.5. The first-order valence-electron chi connectivity index (χ1n) is 10.9. The lowest BCUT2D eigenvalue weighted by molar-refractivity contribution is 0.113. The average Bonchev–Trinajstić information content (AvgIpc) is 3.12. The second kappa shape index (κ2) is 9.47. The topological polar surface area (TPSA) is 74.8 Å². The van der Waals surface area contributed by atoms with Crippen LogP contribution in [-0.4, -0.2) is 82.2 Å². The number of sulfone groups is 2. The zero-order valence-corrected chi connectivity index (χ0v) is 19.9. The molecule has 0 bridgehead atoms. The van der Waals surface area contributed by atoms with Crippen LogP contribution in [0.25, 0.3) is 6.08 Å². The fraction of sp³-hybridized carbons (Fsp3) is 0.417. The Hall–Kier alpha value is -2.00. The predicted octanol–water partition coefficient (Wildman–Crippen LogP) is 2.27. The highest BCUT2D eigenvalue weighted by Crippen LogP contribution is 2.30. The summed E-state index contributed by atoms with van der Waals surface area (Å²) in [5, 5.41) is -0.917. The molecule has 2 saturated heterocycles. The molecular formula is C24H30N2O4S2. The van der Waals surface area contributed by atoms with Crippen molar-refractivity contribution in [1.29, 1.82) is 0 Å². The Kier molecular flexibility index (Phi) is 6.86. The molecule has 0 saturated carbocycles. The van der Waals surface area contributed by atoms with Gasteiger partial charge in [0.15, 0.2) is 19.7 Å². The molecule has 2 unspecified atom stereocenters. The van der Waals surface area contributed by atoms with E-state index >= 15 is 0 Å². The van der Waals surface area contributed by atoms with Gasteiger partial charge in [-0.05, 0) is 24.6 Å². The maximum absolute atomic E-state index is 13.3. The van der Waals surface area contributed by atoms with Gasteiger partial charge in [-0.25, -0.2) is 16.8 Å². The number of piperazine rings is 1. The van der Waals surface area contributed by atoms with Crippen molar-refractivity contribution in [3.63, 3.8) is 0 Å². The van der Waals surface area contributed by atoms with Crippen LogP contribution in [0.1, 0.15) is 11.1 Å². The minimum Gasteiger partial charge on any atom is -0.297 e. The lowest BCUT2D eigenvalue weighted by Gasteiger charge is -2.39. The maximum Gasteiger partial charge on any atom is 0.183 e. The highest BCUT2D eigenvalue weighted by atomic mass is 32.2. The van der Waals surface area contributed by atoms with E-state index in [1.54, 1.807) is 24.3 Å². The molecule has 2 aromatic rings. The van der Waals surface area contributed by atoms with Crippen LogP contribution in [0, 0.1) is 6.92 Å². The third-order valence-corrected chi connectivity index (χ3v) is 10.5. The number of hydrogen-bond donors (Lipinski definition) is 0. The molecule has 2 fully saturated rings. The van der Waals surface area contributed by atoms with Crippen molar-refractivity contribution in [1.82, 2.24) is 9.80 Å². The van der Waals surface area contributed by atoms with Crippen molar-refractivity contribution >= 4 is 25.8 Å². The Morgan fingerprint density at radius 2 is 1.59 bits per heavy atom. The largest absolute Gasteiger partial charge is 0.297 e.